The highest BCUT2D eigenvalue weighted by molar-refractivity contribution is 6.35. The van der Waals surface area contributed by atoms with Gasteiger partial charge in [0.05, 0.1) is 11.6 Å². The van der Waals surface area contributed by atoms with Crippen molar-refractivity contribution >= 4 is 41.5 Å². The van der Waals surface area contributed by atoms with E-state index in [-0.39, 0.29) is 18.3 Å². The SMILES string of the molecule is Cl.NCCC(=O)NCCCOc1ccc(Cl)cc1Cl. The third kappa shape index (κ3) is 7.47. The molecule has 0 unspecified atom stereocenters. The van der Waals surface area contributed by atoms with Gasteiger partial charge < -0.3 is 15.8 Å². The summed E-state index contributed by atoms with van der Waals surface area (Å²) in [4.78, 5) is 11.1. The van der Waals surface area contributed by atoms with Crippen LogP contribution in [0.4, 0.5) is 0 Å². The molecule has 0 aliphatic carbocycles. The minimum Gasteiger partial charge on any atom is -0.492 e. The maximum atomic E-state index is 11.1. The zero-order chi connectivity index (χ0) is 13.4. The number of amides is 1. The molecule has 0 fully saturated rings. The topological polar surface area (TPSA) is 64.4 Å². The Balaban J connectivity index is 0.00000324. The van der Waals surface area contributed by atoms with Crippen LogP contribution in [0.1, 0.15) is 12.8 Å². The zero-order valence-corrected chi connectivity index (χ0v) is 12.7. The van der Waals surface area contributed by atoms with E-state index in [1.54, 1.807) is 18.2 Å². The molecule has 108 valence electrons. The van der Waals surface area contributed by atoms with Crippen LogP contribution in [0.5, 0.6) is 5.75 Å². The molecule has 1 amide bonds. The quantitative estimate of drug-likeness (QED) is 0.757. The summed E-state index contributed by atoms with van der Waals surface area (Å²) in [5.41, 5.74) is 5.25. The summed E-state index contributed by atoms with van der Waals surface area (Å²) >= 11 is 11.7. The summed E-state index contributed by atoms with van der Waals surface area (Å²) < 4.78 is 5.47. The molecule has 0 spiro atoms. The van der Waals surface area contributed by atoms with Crippen molar-refractivity contribution in [2.75, 3.05) is 19.7 Å². The lowest BCUT2D eigenvalue weighted by molar-refractivity contribution is -0.120. The molecule has 0 bridgehead atoms. The van der Waals surface area contributed by atoms with Crippen molar-refractivity contribution in [3.8, 4) is 5.75 Å². The minimum absolute atomic E-state index is 0. The maximum absolute atomic E-state index is 11.1. The van der Waals surface area contributed by atoms with E-state index >= 15 is 0 Å². The third-order valence-electron chi connectivity index (χ3n) is 2.17. The van der Waals surface area contributed by atoms with Crippen molar-refractivity contribution in [2.24, 2.45) is 5.73 Å². The second-order valence-electron chi connectivity index (χ2n) is 3.67. The second-order valence-corrected chi connectivity index (χ2v) is 4.51. The Morgan fingerprint density at radius 1 is 1.37 bits per heavy atom. The summed E-state index contributed by atoms with van der Waals surface area (Å²) in [6.07, 6.45) is 1.05. The van der Waals surface area contributed by atoms with E-state index in [1.807, 2.05) is 0 Å². The standard InChI is InChI=1S/C12H16Cl2N2O2.ClH/c13-9-2-3-11(10(14)8-9)18-7-1-6-16-12(17)4-5-15;/h2-3,8H,1,4-7,15H2,(H,16,17);1H. The first-order valence-electron chi connectivity index (χ1n) is 5.68. The minimum atomic E-state index is -0.0398. The van der Waals surface area contributed by atoms with Crippen LogP contribution in [0.15, 0.2) is 18.2 Å². The fraction of sp³-hybridized carbons (Fsp3) is 0.417. The number of benzene rings is 1. The van der Waals surface area contributed by atoms with Crippen LogP contribution in [0, 0.1) is 0 Å². The fourth-order valence-corrected chi connectivity index (χ4v) is 1.76. The molecule has 0 saturated carbocycles. The van der Waals surface area contributed by atoms with Crippen molar-refractivity contribution in [3.63, 3.8) is 0 Å². The molecule has 0 atom stereocenters. The molecule has 0 aromatic heterocycles. The molecular formula is C12H17Cl3N2O2. The van der Waals surface area contributed by atoms with Crippen LogP contribution in [0.2, 0.25) is 10.0 Å². The van der Waals surface area contributed by atoms with E-state index in [9.17, 15) is 4.79 Å². The fourth-order valence-electron chi connectivity index (χ4n) is 1.29. The molecule has 1 aromatic carbocycles. The lowest BCUT2D eigenvalue weighted by Crippen LogP contribution is -2.27. The highest BCUT2D eigenvalue weighted by Crippen LogP contribution is 2.27. The van der Waals surface area contributed by atoms with Crippen LogP contribution in [-0.2, 0) is 4.79 Å². The van der Waals surface area contributed by atoms with Gasteiger partial charge in [-0.25, -0.2) is 0 Å². The average Bonchev–Trinajstić information content (AvgIpc) is 2.31. The van der Waals surface area contributed by atoms with E-state index in [0.29, 0.717) is 48.3 Å². The molecule has 0 aliphatic rings. The van der Waals surface area contributed by atoms with E-state index in [1.165, 1.54) is 0 Å². The van der Waals surface area contributed by atoms with Gasteiger partial charge in [0.1, 0.15) is 5.75 Å². The molecule has 1 aromatic rings. The highest BCUT2D eigenvalue weighted by Gasteiger charge is 2.02. The number of halogens is 3. The van der Waals surface area contributed by atoms with Crippen molar-refractivity contribution in [2.45, 2.75) is 12.8 Å². The number of hydrogen-bond donors (Lipinski definition) is 2. The Hall–Kier alpha value is -0.680. The lowest BCUT2D eigenvalue weighted by atomic mass is 10.3. The molecule has 0 aliphatic heterocycles. The first kappa shape index (κ1) is 18.3. The Kier molecular flexibility index (Phi) is 9.79. The van der Waals surface area contributed by atoms with Crippen molar-refractivity contribution in [1.82, 2.24) is 5.32 Å². The predicted molar refractivity (Wildman–Crippen MR) is 80.5 cm³/mol. The molecule has 1 rings (SSSR count). The van der Waals surface area contributed by atoms with Crippen molar-refractivity contribution < 1.29 is 9.53 Å². The molecule has 4 nitrogen and oxygen atoms in total. The normalized spacial score (nSPS) is 9.63. The Morgan fingerprint density at radius 2 is 2.11 bits per heavy atom. The number of hydrogen-bond acceptors (Lipinski definition) is 3. The molecular weight excluding hydrogens is 311 g/mol. The monoisotopic (exact) mass is 326 g/mol. The van der Waals surface area contributed by atoms with Gasteiger partial charge >= 0.3 is 0 Å². The number of carbonyl (C=O) groups is 1. The number of rotatable bonds is 7. The number of ether oxygens (including phenoxy) is 1. The van der Waals surface area contributed by atoms with Crippen LogP contribution < -0.4 is 15.8 Å². The number of nitrogens with one attached hydrogen (secondary N) is 1. The first-order chi connectivity index (χ1) is 8.63. The van der Waals surface area contributed by atoms with Gasteiger partial charge in [-0.1, -0.05) is 23.2 Å². The second kappa shape index (κ2) is 10.1. The van der Waals surface area contributed by atoms with Crippen LogP contribution in [-0.4, -0.2) is 25.6 Å². The summed E-state index contributed by atoms with van der Waals surface area (Å²) in [7, 11) is 0. The van der Waals surface area contributed by atoms with Gasteiger partial charge in [0.25, 0.3) is 0 Å². The van der Waals surface area contributed by atoms with E-state index in [2.05, 4.69) is 5.32 Å². The van der Waals surface area contributed by atoms with E-state index < -0.39 is 0 Å². The third-order valence-corrected chi connectivity index (χ3v) is 2.70. The summed E-state index contributed by atoms with van der Waals surface area (Å²) in [5, 5.41) is 3.79. The van der Waals surface area contributed by atoms with Crippen LogP contribution >= 0.6 is 35.6 Å². The zero-order valence-electron chi connectivity index (χ0n) is 10.3. The summed E-state index contributed by atoms with van der Waals surface area (Å²) in [6, 6.07) is 5.06. The van der Waals surface area contributed by atoms with Crippen molar-refractivity contribution in [3.05, 3.63) is 28.2 Å². The predicted octanol–water partition coefficient (Wildman–Crippen LogP) is 2.65. The molecule has 19 heavy (non-hydrogen) atoms. The Labute approximate surface area is 129 Å². The Morgan fingerprint density at radius 3 is 2.74 bits per heavy atom. The summed E-state index contributed by atoms with van der Waals surface area (Å²) in [5.74, 6) is 0.552. The van der Waals surface area contributed by atoms with Gasteiger partial charge in [0.15, 0.2) is 0 Å². The van der Waals surface area contributed by atoms with Crippen LogP contribution in [0.25, 0.3) is 0 Å². The largest absolute Gasteiger partial charge is 0.492 e. The van der Waals surface area contributed by atoms with Gasteiger partial charge in [-0.2, -0.15) is 0 Å². The van der Waals surface area contributed by atoms with E-state index in [0.717, 1.165) is 0 Å². The van der Waals surface area contributed by atoms with Gasteiger partial charge in [0, 0.05) is 24.5 Å². The van der Waals surface area contributed by atoms with E-state index in [4.69, 9.17) is 33.7 Å². The number of nitrogens with two attached hydrogens (primary N) is 1. The molecule has 0 radical (unpaired) electrons. The van der Waals surface area contributed by atoms with Gasteiger partial charge in [-0.05, 0) is 24.6 Å². The van der Waals surface area contributed by atoms with Crippen LogP contribution in [0.3, 0.4) is 0 Å². The lowest BCUT2D eigenvalue weighted by Gasteiger charge is -2.08. The van der Waals surface area contributed by atoms with Gasteiger partial charge in [-0.3, -0.25) is 4.79 Å². The average molecular weight is 328 g/mol. The molecule has 3 N–H and O–H groups in total. The number of carbonyl (C=O) groups excluding carboxylic acids is 1. The van der Waals surface area contributed by atoms with Crippen molar-refractivity contribution in [1.29, 1.82) is 0 Å². The highest BCUT2D eigenvalue weighted by atomic mass is 35.5. The van der Waals surface area contributed by atoms with Gasteiger partial charge in [-0.15, -0.1) is 12.4 Å². The first-order valence-corrected chi connectivity index (χ1v) is 6.43. The molecule has 7 heteroatoms. The Bertz CT molecular complexity index is 403. The summed E-state index contributed by atoms with van der Waals surface area (Å²) in [6.45, 7) is 1.40. The molecule has 0 saturated heterocycles. The smallest absolute Gasteiger partial charge is 0.221 e. The maximum Gasteiger partial charge on any atom is 0.221 e. The van der Waals surface area contributed by atoms with Gasteiger partial charge in [0.2, 0.25) is 5.91 Å². The molecule has 0 heterocycles.